The molecule has 1 aliphatic heterocycles. The highest BCUT2D eigenvalue weighted by Crippen LogP contribution is 2.24. The van der Waals surface area contributed by atoms with Crippen molar-refractivity contribution >= 4 is 15.7 Å². The molecule has 0 bridgehead atoms. The molecule has 0 atom stereocenters. The van der Waals surface area contributed by atoms with Crippen molar-refractivity contribution in [3.63, 3.8) is 0 Å². The van der Waals surface area contributed by atoms with Crippen molar-refractivity contribution in [1.29, 1.82) is 0 Å². The number of benzene rings is 1. The van der Waals surface area contributed by atoms with Crippen molar-refractivity contribution in [2.24, 2.45) is 0 Å². The van der Waals surface area contributed by atoms with Crippen LogP contribution in [0.1, 0.15) is 25.3 Å². The number of nitrogen functional groups attached to an aromatic ring is 1. The number of hydrogen-bond donors (Lipinski definition) is 1. The van der Waals surface area contributed by atoms with Crippen LogP contribution in [0, 0.1) is 6.92 Å². The normalized spacial score (nSPS) is 18.3. The van der Waals surface area contributed by atoms with E-state index in [0.29, 0.717) is 25.4 Å². The predicted octanol–water partition coefficient (Wildman–Crippen LogP) is 1.77. The van der Waals surface area contributed by atoms with E-state index in [2.05, 4.69) is 0 Å². The first kappa shape index (κ1) is 15.3. The Kier molecular flexibility index (Phi) is 4.67. The second-order valence-corrected chi connectivity index (χ2v) is 7.08. The number of ether oxygens (including phenoxy) is 1. The maximum Gasteiger partial charge on any atom is 0.243 e. The summed E-state index contributed by atoms with van der Waals surface area (Å²) in [6, 6.07) is 4.96. The highest BCUT2D eigenvalue weighted by molar-refractivity contribution is 7.89. The van der Waals surface area contributed by atoms with Crippen LogP contribution in [0.4, 0.5) is 5.69 Å². The minimum atomic E-state index is -3.45. The Labute approximate surface area is 120 Å². The van der Waals surface area contributed by atoms with Gasteiger partial charge in [-0.05, 0) is 50.5 Å². The van der Waals surface area contributed by atoms with Crippen LogP contribution in [0.15, 0.2) is 23.1 Å². The fourth-order valence-electron chi connectivity index (χ4n) is 2.55. The number of hydrogen-bond acceptors (Lipinski definition) is 4. The lowest BCUT2D eigenvalue weighted by molar-refractivity contribution is 0.0290. The number of nitrogens with zero attached hydrogens (tertiary/aromatic N) is 1. The second-order valence-electron chi connectivity index (χ2n) is 5.14. The minimum Gasteiger partial charge on any atom is -0.399 e. The SMILES string of the molecule is CCOC1CCN(S(=O)(=O)c2cc(C)cc(N)c2)CC1. The van der Waals surface area contributed by atoms with Crippen LogP contribution in [-0.2, 0) is 14.8 Å². The first-order valence-electron chi connectivity index (χ1n) is 6.92. The van der Waals surface area contributed by atoms with E-state index < -0.39 is 10.0 Å². The molecule has 112 valence electrons. The third-order valence-corrected chi connectivity index (χ3v) is 5.39. The quantitative estimate of drug-likeness (QED) is 0.860. The molecule has 0 aromatic heterocycles. The summed E-state index contributed by atoms with van der Waals surface area (Å²) in [5.74, 6) is 0. The lowest BCUT2D eigenvalue weighted by Crippen LogP contribution is -2.40. The molecule has 0 radical (unpaired) electrons. The van der Waals surface area contributed by atoms with Crippen molar-refractivity contribution in [3.05, 3.63) is 23.8 Å². The Hall–Kier alpha value is -1.11. The first-order chi connectivity index (χ1) is 9.43. The lowest BCUT2D eigenvalue weighted by atomic mass is 10.1. The maximum atomic E-state index is 12.6. The Morgan fingerprint density at radius 1 is 1.30 bits per heavy atom. The van der Waals surface area contributed by atoms with Gasteiger partial charge >= 0.3 is 0 Å². The zero-order chi connectivity index (χ0) is 14.8. The predicted molar refractivity (Wildman–Crippen MR) is 79.0 cm³/mol. The van der Waals surface area contributed by atoms with Gasteiger partial charge in [0, 0.05) is 25.4 Å². The van der Waals surface area contributed by atoms with Gasteiger partial charge in [-0.1, -0.05) is 0 Å². The molecular formula is C14H22N2O3S. The van der Waals surface area contributed by atoms with E-state index in [4.69, 9.17) is 10.5 Å². The van der Waals surface area contributed by atoms with Gasteiger partial charge in [-0.2, -0.15) is 4.31 Å². The first-order valence-corrected chi connectivity index (χ1v) is 8.36. The van der Waals surface area contributed by atoms with E-state index in [1.54, 1.807) is 12.1 Å². The molecule has 0 unspecified atom stereocenters. The zero-order valence-electron chi connectivity index (χ0n) is 12.0. The van der Waals surface area contributed by atoms with E-state index in [0.717, 1.165) is 18.4 Å². The number of aryl methyl sites for hydroxylation is 1. The van der Waals surface area contributed by atoms with Gasteiger partial charge in [0.1, 0.15) is 0 Å². The van der Waals surface area contributed by atoms with Crippen LogP contribution in [0.2, 0.25) is 0 Å². The number of rotatable bonds is 4. The third-order valence-electron chi connectivity index (χ3n) is 3.51. The zero-order valence-corrected chi connectivity index (χ0v) is 12.8. The van der Waals surface area contributed by atoms with E-state index in [9.17, 15) is 8.42 Å². The highest BCUT2D eigenvalue weighted by atomic mass is 32.2. The smallest absolute Gasteiger partial charge is 0.243 e. The van der Waals surface area contributed by atoms with Gasteiger partial charge in [0.15, 0.2) is 0 Å². The fourth-order valence-corrected chi connectivity index (χ4v) is 4.16. The molecule has 2 rings (SSSR count). The van der Waals surface area contributed by atoms with Gasteiger partial charge < -0.3 is 10.5 Å². The van der Waals surface area contributed by atoms with Crippen molar-refractivity contribution in [2.75, 3.05) is 25.4 Å². The van der Waals surface area contributed by atoms with Gasteiger partial charge in [-0.15, -0.1) is 0 Å². The summed E-state index contributed by atoms with van der Waals surface area (Å²) in [5.41, 5.74) is 7.08. The average Bonchev–Trinajstić information content (AvgIpc) is 2.38. The molecule has 1 fully saturated rings. The Bertz CT molecular complexity index is 544. The van der Waals surface area contributed by atoms with Crippen LogP contribution in [0.3, 0.4) is 0 Å². The molecule has 0 amide bonds. The molecule has 2 N–H and O–H groups in total. The summed E-state index contributed by atoms with van der Waals surface area (Å²) in [6.07, 6.45) is 1.66. The lowest BCUT2D eigenvalue weighted by Gasteiger charge is -2.31. The summed E-state index contributed by atoms with van der Waals surface area (Å²) in [4.78, 5) is 0.282. The van der Waals surface area contributed by atoms with Crippen molar-refractivity contribution in [2.45, 2.75) is 37.7 Å². The molecule has 1 aliphatic rings. The van der Waals surface area contributed by atoms with E-state index in [-0.39, 0.29) is 11.0 Å². The van der Waals surface area contributed by atoms with Gasteiger partial charge in [-0.3, -0.25) is 0 Å². The summed E-state index contributed by atoms with van der Waals surface area (Å²) >= 11 is 0. The Morgan fingerprint density at radius 2 is 1.95 bits per heavy atom. The molecule has 5 nitrogen and oxygen atoms in total. The molecule has 0 spiro atoms. The van der Waals surface area contributed by atoms with Gasteiger partial charge in [-0.25, -0.2) is 8.42 Å². The number of anilines is 1. The Morgan fingerprint density at radius 3 is 2.50 bits per heavy atom. The molecule has 1 saturated heterocycles. The van der Waals surface area contributed by atoms with Crippen LogP contribution in [-0.4, -0.2) is 38.5 Å². The minimum absolute atomic E-state index is 0.175. The molecule has 0 saturated carbocycles. The maximum absolute atomic E-state index is 12.6. The molecule has 1 aromatic rings. The fraction of sp³-hybridized carbons (Fsp3) is 0.571. The topological polar surface area (TPSA) is 72.6 Å². The average molecular weight is 298 g/mol. The Balaban J connectivity index is 2.15. The number of sulfonamides is 1. The molecule has 6 heteroatoms. The molecule has 0 aliphatic carbocycles. The number of piperidine rings is 1. The largest absolute Gasteiger partial charge is 0.399 e. The molecular weight excluding hydrogens is 276 g/mol. The second kappa shape index (κ2) is 6.11. The van der Waals surface area contributed by atoms with Crippen molar-refractivity contribution < 1.29 is 13.2 Å². The summed E-state index contributed by atoms with van der Waals surface area (Å²) in [6.45, 7) is 5.48. The van der Waals surface area contributed by atoms with E-state index >= 15 is 0 Å². The highest BCUT2D eigenvalue weighted by Gasteiger charge is 2.29. The van der Waals surface area contributed by atoms with Crippen LogP contribution in [0.5, 0.6) is 0 Å². The molecule has 1 heterocycles. The van der Waals surface area contributed by atoms with Crippen molar-refractivity contribution in [1.82, 2.24) is 4.31 Å². The van der Waals surface area contributed by atoms with Gasteiger partial charge in [0.2, 0.25) is 10.0 Å². The summed E-state index contributed by atoms with van der Waals surface area (Å²) in [7, 11) is -3.45. The molecule has 20 heavy (non-hydrogen) atoms. The standard InChI is InChI=1S/C14H22N2O3S/c1-3-19-13-4-6-16(7-5-13)20(17,18)14-9-11(2)8-12(15)10-14/h8-10,13H,3-7,15H2,1-2H3. The third kappa shape index (κ3) is 3.31. The summed E-state index contributed by atoms with van der Waals surface area (Å²) < 4.78 is 32.2. The van der Waals surface area contributed by atoms with E-state index in [1.165, 1.54) is 10.4 Å². The van der Waals surface area contributed by atoms with Crippen molar-refractivity contribution in [3.8, 4) is 0 Å². The van der Waals surface area contributed by atoms with Crippen LogP contribution < -0.4 is 5.73 Å². The molecule has 1 aromatic carbocycles. The van der Waals surface area contributed by atoms with Crippen LogP contribution in [0.25, 0.3) is 0 Å². The van der Waals surface area contributed by atoms with Gasteiger partial charge in [0.25, 0.3) is 0 Å². The summed E-state index contributed by atoms with van der Waals surface area (Å²) in [5, 5.41) is 0. The van der Waals surface area contributed by atoms with Gasteiger partial charge in [0.05, 0.1) is 11.0 Å². The van der Waals surface area contributed by atoms with Crippen LogP contribution >= 0.6 is 0 Å². The van der Waals surface area contributed by atoms with E-state index in [1.807, 2.05) is 13.8 Å². The number of nitrogens with two attached hydrogens (primary N) is 1. The monoisotopic (exact) mass is 298 g/mol.